The molecule has 2 aromatic rings. The smallest absolute Gasteiger partial charge is 0.260 e. The fraction of sp³-hybridized carbons (Fsp3) is 0.529. The van der Waals surface area contributed by atoms with E-state index in [1.807, 2.05) is 33.0 Å². The average molecular weight is 303 g/mol. The number of hydrogen-bond acceptors (Lipinski definition) is 4. The molecule has 0 bridgehead atoms. The van der Waals surface area contributed by atoms with Gasteiger partial charge in [-0.05, 0) is 23.9 Å². The monoisotopic (exact) mass is 303 g/mol. The third-order valence-electron chi connectivity index (χ3n) is 3.85. The Morgan fingerprint density at radius 2 is 1.91 bits per heavy atom. The predicted molar refractivity (Wildman–Crippen MR) is 89.3 cm³/mol. The first-order valence-electron chi connectivity index (χ1n) is 7.99. The number of pyridine rings is 2. The van der Waals surface area contributed by atoms with Gasteiger partial charge < -0.3 is 9.30 Å². The van der Waals surface area contributed by atoms with Crippen LogP contribution in [0.25, 0.3) is 10.8 Å². The van der Waals surface area contributed by atoms with Gasteiger partial charge in [0.2, 0.25) is 0 Å². The number of nitrogens with zero attached hydrogens (tertiary/aromatic N) is 3. The molecule has 0 saturated carbocycles. The Morgan fingerprint density at radius 1 is 1.18 bits per heavy atom. The average Bonchev–Trinajstić information content (AvgIpc) is 2.59. The van der Waals surface area contributed by atoms with Crippen molar-refractivity contribution in [3.8, 4) is 0 Å². The van der Waals surface area contributed by atoms with Crippen molar-refractivity contribution < 1.29 is 4.74 Å². The molecular weight excluding hydrogens is 278 g/mol. The highest BCUT2D eigenvalue weighted by molar-refractivity contribution is 5.83. The second-order valence-corrected chi connectivity index (χ2v) is 5.19. The van der Waals surface area contributed by atoms with E-state index in [1.165, 1.54) is 0 Å². The van der Waals surface area contributed by atoms with E-state index in [1.54, 1.807) is 17.0 Å². The van der Waals surface area contributed by atoms with Crippen LogP contribution in [0.5, 0.6) is 0 Å². The molecule has 0 atom stereocenters. The molecule has 3 rings (SSSR count). The van der Waals surface area contributed by atoms with Crippen molar-refractivity contribution in [3.05, 3.63) is 40.6 Å². The minimum atomic E-state index is 0.0481. The number of rotatable bonds is 3. The molecule has 0 radical (unpaired) electrons. The zero-order chi connectivity index (χ0) is 15.9. The summed E-state index contributed by atoms with van der Waals surface area (Å²) in [5, 5.41) is 1.70. The van der Waals surface area contributed by atoms with E-state index in [9.17, 15) is 4.79 Å². The van der Waals surface area contributed by atoms with E-state index in [0.29, 0.717) is 11.9 Å². The van der Waals surface area contributed by atoms with Gasteiger partial charge in [0.15, 0.2) is 0 Å². The fourth-order valence-electron chi connectivity index (χ4n) is 2.67. The zero-order valence-corrected chi connectivity index (χ0v) is 13.7. The van der Waals surface area contributed by atoms with E-state index in [-0.39, 0.29) is 5.56 Å². The van der Waals surface area contributed by atoms with Crippen LogP contribution in [0, 0.1) is 6.92 Å². The second-order valence-electron chi connectivity index (χ2n) is 5.19. The molecule has 120 valence electrons. The standard InChI is InChI=1S/C15H19N3O2.C2H6/c1-12-11-18(5-4-17-6-8-20-9-7-17)15(19)14-10-16-3-2-13(12)14;1-2/h2-3,10-11H,4-9H2,1H3;1-2H3. The minimum Gasteiger partial charge on any atom is -0.379 e. The molecule has 0 spiro atoms. The lowest BCUT2D eigenvalue weighted by molar-refractivity contribution is 0.0363. The largest absolute Gasteiger partial charge is 0.379 e. The molecule has 1 fully saturated rings. The van der Waals surface area contributed by atoms with Crippen LogP contribution < -0.4 is 5.56 Å². The fourth-order valence-corrected chi connectivity index (χ4v) is 2.67. The lowest BCUT2D eigenvalue weighted by Crippen LogP contribution is -2.39. The lowest BCUT2D eigenvalue weighted by atomic mass is 10.1. The van der Waals surface area contributed by atoms with Gasteiger partial charge in [0.1, 0.15) is 0 Å². The Bertz CT molecular complexity index is 660. The van der Waals surface area contributed by atoms with Crippen molar-refractivity contribution in [2.24, 2.45) is 0 Å². The predicted octanol–water partition coefficient (Wildman–Crippen LogP) is 2.06. The molecule has 5 heteroatoms. The highest BCUT2D eigenvalue weighted by Crippen LogP contribution is 2.12. The van der Waals surface area contributed by atoms with Gasteiger partial charge in [-0.15, -0.1) is 0 Å². The summed E-state index contributed by atoms with van der Waals surface area (Å²) in [6.45, 7) is 11.1. The molecule has 0 aliphatic carbocycles. The number of hydrogen-bond donors (Lipinski definition) is 0. The Morgan fingerprint density at radius 3 is 2.64 bits per heavy atom. The summed E-state index contributed by atoms with van der Waals surface area (Å²) < 4.78 is 7.13. The number of aromatic nitrogens is 2. The first-order valence-corrected chi connectivity index (χ1v) is 7.99. The summed E-state index contributed by atoms with van der Waals surface area (Å²) in [6, 6.07) is 1.90. The minimum absolute atomic E-state index is 0.0481. The van der Waals surface area contributed by atoms with Crippen LogP contribution in [0.2, 0.25) is 0 Å². The number of ether oxygens (including phenoxy) is 1. The zero-order valence-electron chi connectivity index (χ0n) is 13.7. The van der Waals surface area contributed by atoms with Crippen LogP contribution in [-0.2, 0) is 11.3 Å². The number of aryl methyl sites for hydroxylation is 1. The van der Waals surface area contributed by atoms with Crippen molar-refractivity contribution in [2.75, 3.05) is 32.8 Å². The normalized spacial score (nSPS) is 15.4. The first kappa shape index (κ1) is 16.6. The van der Waals surface area contributed by atoms with Gasteiger partial charge in [-0.25, -0.2) is 0 Å². The van der Waals surface area contributed by atoms with E-state index in [0.717, 1.165) is 43.8 Å². The molecule has 2 aromatic heterocycles. The third-order valence-corrected chi connectivity index (χ3v) is 3.85. The van der Waals surface area contributed by atoms with E-state index < -0.39 is 0 Å². The number of fused-ring (bicyclic) bond motifs is 1. The summed E-state index contributed by atoms with van der Waals surface area (Å²) >= 11 is 0. The van der Waals surface area contributed by atoms with E-state index in [2.05, 4.69) is 9.88 Å². The van der Waals surface area contributed by atoms with Crippen LogP contribution in [0.3, 0.4) is 0 Å². The molecule has 0 amide bonds. The Hall–Kier alpha value is -1.72. The van der Waals surface area contributed by atoms with Gasteiger partial charge >= 0.3 is 0 Å². The highest BCUT2D eigenvalue weighted by Gasteiger charge is 2.11. The van der Waals surface area contributed by atoms with E-state index >= 15 is 0 Å². The molecule has 0 unspecified atom stereocenters. The van der Waals surface area contributed by atoms with Crippen LogP contribution in [-0.4, -0.2) is 47.3 Å². The van der Waals surface area contributed by atoms with Gasteiger partial charge in [0, 0.05) is 44.8 Å². The van der Waals surface area contributed by atoms with Crippen molar-refractivity contribution in [2.45, 2.75) is 27.3 Å². The summed E-state index contributed by atoms with van der Waals surface area (Å²) in [7, 11) is 0. The molecule has 1 saturated heterocycles. The molecule has 1 aliphatic rings. The van der Waals surface area contributed by atoms with Gasteiger partial charge in [-0.3, -0.25) is 14.7 Å². The molecule has 3 heterocycles. The molecule has 22 heavy (non-hydrogen) atoms. The van der Waals surface area contributed by atoms with E-state index in [4.69, 9.17) is 4.74 Å². The lowest BCUT2D eigenvalue weighted by Gasteiger charge is -2.26. The Balaban J connectivity index is 0.000000847. The maximum absolute atomic E-state index is 12.4. The van der Waals surface area contributed by atoms with Crippen molar-refractivity contribution in [1.29, 1.82) is 0 Å². The summed E-state index contributed by atoms with van der Waals surface area (Å²) in [5.74, 6) is 0. The molecule has 1 aliphatic heterocycles. The van der Waals surface area contributed by atoms with Crippen LogP contribution >= 0.6 is 0 Å². The maximum Gasteiger partial charge on any atom is 0.260 e. The van der Waals surface area contributed by atoms with Crippen molar-refractivity contribution in [1.82, 2.24) is 14.5 Å². The van der Waals surface area contributed by atoms with Crippen LogP contribution in [0.1, 0.15) is 19.4 Å². The second kappa shape index (κ2) is 8.06. The molecular formula is C17H25N3O2. The van der Waals surface area contributed by atoms with Crippen molar-refractivity contribution >= 4 is 10.8 Å². The quantitative estimate of drug-likeness (QED) is 0.871. The molecule has 0 N–H and O–H groups in total. The molecule has 5 nitrogen and oxygen atoms in total. The van der Waals surface area contributed by atoms with Crippen LogP contribution in [0.15, 0.2) is 29.5 Å². The maximum atomic E-state index is 12.4. The first-order chi connectivity index (χ1) is 10.8. The Labute approximate surface area is 131 Å². The SMILES string of the molecule is CC.Cc1cn(CCN2CCOCC2)c(=O)c2cnccc12. The summed E-state index contributed by atoms with van der Waals surface area (Å²) in [4.78, 5) is 18.8. The van der Waals surface area contributed by atoms with Gasteiger partial charge in [-0.2, -0.15) is 0 Å². The Kier molecular flexibility index (Phi) is 6.10. The van der Waals surface area contributed by atoms with Crippen LogP contribution in [0.4, 0.5) is 0 Å². The summed E-state index contributed by atoms with van der Waals surface area (Å²) in [6.07, 6.45) is 5.34. The van der Waals surface area contributed by atoms with Crippen molar-refractivity contribution in [3.63, 3.8) is 0 Å². The topological polar surface area (TPSA) is 47.4 Å². The molecule has 0 aromatic carbocycles. The third kappa shape index (κ3) is 3.72. The van der Waals surface area contributed by atoms with Gasteiger partial charge in [-0.1, -0.05) is 13.8 Å². The van der Waals surface area contributed by atoms with Gasteiger partial charge in [0.05, 0.1) is 18.6 Å². The highest BCUT2D eigenvalue weighted by atomic mass is 16.5. The summed E-state index contributed by atoms with van der Waals surface area (Å²) in [5.41, 5.74) is 1.16. The number of morpholine rings is 1. The van der Waals surface area contributed by atoms with Gasteiger partial charge in [0.25, 0.3) is 5.56 Å².